The molecular formula is C13H14BrF2NO2. The predicted molar refractivity (Wildman–Crippen MR) is 72.4 cm³/mol. The van der Waals surface area contributed by atoms with Crippen LogP contribution in [0.5, 0.6) is 0 Å². The van der Waals surface area contributed by atoms with Crippen LogP contribution >= 0.6 is 15.9 Å². The SMILES string of the molecule is CC(NCC(F)(F)CO)c1cc2cc(Br)ccc2o1. The van der Waals surface area contributed by atoms with E-state index >= 15 is 0 Å². The number of aliphatic hydroxyl groups is 1. The molecule has 0 fully saturated rings. The first-order valence-electron chi connectivity index (χ1n) is 5.82. The van der Waals surface area contributed by atoms with Crippen molar-refractivity contribution in [2.24, 2.45) is 0 Å². The van der Waals surface area contributed by atoms with Gasteiger partial charge in [-0.15, -0.1) is 0 Å². The predicted octanol–water partition coefficient (Wildman–Crippen LogP) is 3.47. The first-order valence-corrected chi connectivity index (χ1v) is 6.62. The quantitative estimate of drug-likeness (QED) is 0.880. The molecule has 19 heavy (non-hydrogen) atoms. The number of alkyl halides is 2. The molecule has 1 unspecified atom stereocenters. The van der Waals surface area contributed by atoms with Gasteiger partial charge in [0.05, 0.1) is 12.6 Å². The smallest absolute Gasteiger partial charge is 0.282 e. The maximum Gasteiger partial charge on any atom is 0.282 e. The average Bonchev–Trinajstić information content (AvgIpc) is 2.79. The number of halogens is 3. The summed E-state index contributed by atoms with van der Waals surface area (Å²) >= 11 is 3.36. The molecular weight excluding hydrogens is 320 g/mol. The summed E-state index contributed by atoms with van der Waals surface area (Å²) in [6.45, 7) is -0.0224. The van der Waals surface area contributed by atoms with E-state index in [9.17, 15) is 8.78 Å². The van der Waals surface area contributed by atoms with Gasteiger partial charge in [0.2, 0.25) is 0 Å². The topological polar surface area (TPSA) is 45.4 Å². The van der Waals surface area contributed by atoms with Crippen LogP contribution in [0.15, 0.2) is 33.2 Å². The van der Waals surface area contributed by atoms with Crippen molar-refractivity contribution in [2.45, 2.75) is 18.9 Å². The second-order valence-corrected chi connectivity index (χ2v) is 5.36. The fourth-order valence-electron chi connectivity index (χ4n) is 1.71. The van der Waals surface area contributed by atoms with Crippen molar-refractivity contribution >= 4 is 26.9 Å². The van der Waals surface area contributed by atoms with Crippen molar-refractivity contribution in [2.75, 3.05) is 13.2 Å². The maximum absolute atomic E-state index is 12.9. The van der Waals surface area contributed by atoms with E-state index < -0.39 is 19.1 Å². The van der Waals surface area contributed by atoms with Crippen molar-refractivity contribution in [3.63, 3.8) is 0 Å². The van der Waals surface area contributed by atoms with E-state index in [2.05, 4.69) is 21.2 Å². The molecule has 0 amide bonds. The van der Waals surface area contributed by atoms with E-state index in [1.165, 1.54) is 0 Å². The molecule has 1 atom stereocenters. The number of benzene rings is 1. The van der Waals surface area contributed by atoms with Crippen molar-refractivity contribution < 1.29 is 18.3 Å². The van der Waals surface area contributed by atoms with Crippen LogP contribution in [0.1, 0.15) is 18.7 Å². The minimum absolute atomic E-state index is 0.358. The van der Waals surface area contributed by atoms with Crippen LogP contribution in [0.25, 0.3) is 11.0 Å². The molecule has 0 spiro atoms. The lowest BCUT2D eigenvalue weighted by molar-refractivity contribution is -0.0493. The Labute approximate surface area is 117 Å². The van der Waals surface area contributed by atoms with Gasteiger partial charge in [-0.05, 0) is 31.2 Å². The van der Waals surface area contributed by atoms with Gasteiger partial charge in [0.15, 0.2) is 0 Å². The Morgan fingerprint density at radius 2 is 2.16 bits per heavy atom. The lowest BCUT2D eigenvalue weighted by Crippen LogP contribution is -2.36. The molecule has 2 rings (SSSR count). The average molecular weight is 334 g/mol. The van der Waals surface area contributed by atoms with Crippen LogP contribution in [-0.2, 0) is 0 Å². The summed E-state index contributed by atoms with van der Waals surface area (Å²) in [4.78, 5) is 0. The molecule has 1 aromatic carbocycles. The van der Waals surface area contributed by atoms with Gasteiger partial charge in [0.25, 0.3) is 5.92 Å². The number of aliphatic hydroxyl groups excluding tert-OH is 1. The summed E-state index contributed by atoms with van der Waals surface area (Å²) in [6, 6.07) is 7.03. The zero-order valence-corrected chi connectivity index (χ0v) is 11.9. The number of fused-ring (bicyclic) bond motifs is 1. The molecule has 0 radical (unpaired) electrons. The van der Waals surface area contributed by atoms with E-state index in [0.717, 1.165) is 9.86 Å². The van der Waals surface area contributed by atoms with Crippen molar-refractivity contribution in [3.8, 4) is 0 Å². The highest BCUT2D eigenvalue weighted by Crippen LogP contribution is 2.26. The number of hydrogen-bond acceptors (Lipinski definition) is 3. The molecule has 1 aromatic heterocycles. The number of hydrogen-bond donors (Lipinski definition) is 2. The maximum atomic E-state index is 12.9. The first-order chi connectivity index (χ1) is 8.91. The second-order valence-electron chi connectivity index (χ2n) is 4.45. The third-order valence-electron chi connectivity index (χ3n) is 2.82. The Balaban J connectivity index is 2.11. The highest BCUT2D eigenvalue weighted by Gasteiger charge is 2.28. The van der Waals surface area contributed by atoms with Crippen LogP contribution in [0.4, 0.5) is 8.78 Å². The molecule has 0 aliphatic heterocycles. The summed E-state index contributed by atoms with van der Waals surface area (Å²) in [7, 11) is 0. The fraction of sp³-hybridized carbons (Fsp3) is 0.385. The molecule has 0 saturated carbocycles. The van der Waals surface area contributed by atoms with Gasteiger partial charge in [0.1, 0.15) is 18.0 Å². The lowest BCUT2D eigenvalue weighted by atomic mass is 10.2. The summed E-state index contributed by atoms with van der Waals surface area (Å²) < 4.78 is 32.4. The monoisotopic (exact) mass is 333 g/mol. The van der Waals surface area contributed by atoms with Gasteiger partial charge < -0.3 is 14.8 Å². The first kappa shape index (κ1) is 14.4. The minimum Gasteiger partial charge on any atom is -0.459 e. The normalized spacial score (nSPS) is 13.9. The summed E-state index contributed by atoms with van der Waals surface area (Å²) in [5.74, 6) is -2.54. The summed E-state index contributed by atoms with van der Waals surface area (Å²) in [5, 5.41) is 12.1. The third-order valence-corrected chi connectivity index (χ3v) is 3.32. The van der Waals surface area contributed by atoms with E-state index in [1.807, 2.05) is 24.3 Å². The van der Waals surface area contributed by atoms with Gasteiger partial charge in [-0.2, -0.15) is 0 Å². The Hall–Kier alpha value is -0.980. The Morgan fingerprint density at radius 1 is 1.42 bits per heavy atom. The number of nitrogens with one attached hydrogen (secondary N) is 1. The largest absolute Gasteiger partial charge is 0.459 e. The standard InChI is InChI=1S/C13H14BrF2NO2/c1-8(17-6-13(15,16)7-18)12-5-9-4-10(14)2-3-11(9)19-12/h2-5,8,17-18H,6-7H2,1H3. The van der Waals surface area contributed by atoms with Gasteiger partial charge >= 0.3 is 0 Å². The van der Waals surface area contributed by atoms with Gasteiger partial charge in [0, 0.05) is 9.86 Å². The second kappa shape index (κ2) is 5.56. The van der Waals surface area contributed by atoms with Gasteiger partial charge in [-0.25, -0.2) is 8.78 Å². The molecule has 0 aliphatic rings. The van der Waals surface area contributed by atoms with E-state index in [-0.39, 0.29) is 6.04 Å². The Kier molecular flexibility index (Phi) is 4.23. The van der Waals surface area contributed by atoms with Crippen LogP contribution in [0, 0.1) is 0 Å². The Morgan fingerprint density at radius 3 is 2.84 bits per heavy atom. The molecule has 0 saturated heterocycles. The number of furan rings is 1. The zero-order chi connectivity index (χ0) is 14.0. The fourth-order valence-corrected chi connectivity index (χ4v) is 2.09. The molecule has 2 N–H and O–H groups in total. The highest BCUT2D eigenvalue weighted by molar-refractivity contribution is 9.10. The zero-order valence-electron chi connectivity index (χ0n) is 10.3. The lowest BCUT2D eigenvalue weighted by Gasteiger charge is -2.17. The van der Waals surface area contributed by atoms with E-state index in [0.29, 0.717) is 11.3 Å². The molecule has 6 heteroatoms. The molecule has 0 bridgehead atoms. The number of rotatable bonds is 5. The molecule has 0 aliphatic carbocycles. The van der Waals surface area contributed by atoms with Crippen molar-refractivity contribution in [3.05, 3.63) is 34.5 Å². The van der Waals surface area contributed by atoms with Crippen molar-refractivity contribution in [1.82, 2.24) is 5.32 Å². The molecule has 104 valence electrons. The van der Waals surface area contributed by atoms with Crippen LogP contribution < -0.4 is 5.32 Å². The molecule has 2 aromatic rings. The third kappa shape index (κ3) is 3.52. The van der Waals surface area contributed by atoms with Crippen LogP contribution in [-0.4, -0.2) is 24.2 Å². The van der Waals surface area contributed by atoms with Gasteiger partial charge in [-0.1, -0.05) is 15.9 Å². The van der Waals surface area contributed by atoms with Crippen molar-refractivity contribution in [1.29, 1.82) is 0 Å². The van der Waals surface area contributed by atoms with E-state index in [1.54, 1.807) is 6.92 Å². The summed E-state index contributed by atoms with van der Waals surface area (Å²) in [5.41, 5.74) is 0.709. The molecule has 3 nitrogen and oxygen atoms in total. The molecule has 1 heterocycles. The highest BCUT2D eigenvalue weighted by atomic mass is 79.9. The van der Waals surface area contributed by atoms with Gasteiger partial charge in [-0.3, -0.25) is 0 Å². The Bertz CT molecular complexity index is 571. The minimum atomic E-state index is -3.12. The van der Waals surface area contributed by atoms with E-state index in [4.69, 9.17) is 9.52 Å². The van der Waals surface area contributed by atoms with Crippen LogP contribution in [0.2, 0.25) is 0 Å². The van der Waals surface area contributed by atoms with Crippen LogP contribution in [0.3, 0.4) is 0 Å². The summed E-state index contributed by atoms with van der Waals surface area (Å²) in [6.07, 6.45) is 0.